The van der Waals surface area contributed by atoms with E-state index < -0.39 is 0 Å². The first-order valence-electron chi connectivity index (χ1n) is 7.39. The van der Waals surface area contributed by atoms with Crippen LogP contribution in [0.15, 0.2) is 40.8 Å². The van der Waals surface area contributed by atoms with E-state index >= 15 is 0 Å². The standard InChI is InChI=1S/C17H17ClFNO2/c18-17-8-7-15(22-17)11-20-9-1-2-14(20)10-16(21)12-3-5-13(19)6-4-12/h3-8,14H,1-2,9-11H2. The van der Waals surface area contributed by atoms with Crippen LogP contribution in [0, 0.1) is 5.82 Å². The molecule has 0 aliphatic carbocycles. The zero-order valence-corrected chi connectivity index (χ0v) is 12.9. The molecule has 1 aliphatic rings. The Kier molecular flexibility index (Phi) is 4.60. The second kappa shape index (κ2) is 6.63. The fourth-order valence-corrected chi connectivity index (χ4v) is 3.10. The summed E-state index contributed by atoms with van der Waals surface area (Å²) >= 11 is 5.79. The number of carbonyl (C=O) groups is 1. The Morgan fingerprint density at radius 2 is 2.05 bits per heavy atom. The fourth-order valence-electron chi connectivity index (χ4n) is 2.94. The summed E-state index contributed by atoms with van der Waals surface area (Å²) in [6.45, 7) is 1.60. The van der Waals surface area contributed by atoms with Crippen molar-refractivity contribution in [2.24, 2.45) is 0 Å². The number of halogens is 2. The van der Waals surface area contributed by atoms with Crippen molar-refractivity contribution in [2.45, 2.75) is 31.8 Å². The topological polar surface area (TPSA) is 33.5 Å². The van der Waals surface area contributed by atoms with Crippen LogP contribution in [0.25, 0.3) is 0 Å². The first-order valence-corrected chi connectivity index (χ1v) is 7.76. The van der Waals surface area contributed by atoms with Crippen molar-refractivity contribution in [1.29, 1.82) is 0 Å². The van der Waals surface area contributed by atoms with Crippen LogP contribution in [-0.4, -0.2) is 23.3 Å². The average molecular weight is 322 g/mol. The van der Waals surface area contributed by atoms with Gasteiger partial charge in [-0.15, -0.1) is 0 Å². The average Bonchev–Trinajstić information content (AvgIpc) is 3.10. The second-order valence-corrected chi connectivity index (χ2v) is 5.98. The monoisotopic (exact) mass is 321 g/mol. The largest absolute Gasteiger partial charge is 0.448 e. The number of hydrogen-bond donors (Lipinski definition) is 0. The summed E-state index contributed by atoms with van der Waals surface area (Å²) in [6, 6.07) is 9.52. The SMILES string of the molecule is O=C(CC1CCCN1Cc1ccc(Cl)o1)c1ccc(F)cc1. The number of benzene rings is 1. The van der Waals surface area contributed by atoms with Crippen molar-refractivity contribution in [3.05, 3.63) is 58.8 Å². The number of furan rings is 1. The van der Waals surface area contributed by atoms with Crippen LogP contribution >= 0.6 is 11.6 Å². The molecule has 0 bridgehead atoms. The molecule has 3 rings (SSSR count). The van der Waals surface area contributed by atoms with Gasteiger partial charge in [-0.1, -0.05) is 0 Å². The van der Waals surface area contributed by atoms with E-state index in [-0.39, 0.29) is 17.6 Å². The number of ketones is 1. The number of Topliss-reactive ketones (excluding diaryl/α,β-unsaturated/α-hetero) is 1. The maximum atomic E-state index is 12.9. The molecule has 0 radical (unpaired) electrons. The molecule has 0 amide bonds. The summed E-state index contributed by atoms with van der Waals surface area (Å²) in [7, 11) is 0. The van der Waals surface area contributed by atoms with E-state index in [1.807, 2.05) is 6.07 Å². The van der Waals surface area contributed by atoms with Crippen LogP contribution in [0.1, 0.15) is 35.4 Å². The van der Waals surface area contributed by atoms with E-state index in [9.17, 15) is 9.18 Å². The molecule has 1 saturated heterocycles. The Hall–Kier alpha value is -1.65. The van der Waals surface area contributed by atoms with Crippen molar-refractivity contribution in [3.63, 3.8) is 0 Å². The van der Waals surface area contributed by atoms with Crippen molar-refractivity contribution < 1.29 is 13.6 Å². The lowest BCUT2D eigenvalue weighted by Crippen LogP contribution is -2.30. The highest BCUT2D eigenvalue weighted by Gasteiger charge is 2.27. The van der Waals surface area contributed by atoms with E-state index in [1.54, 1.807) is 18.2 Å². The molecule has 1 unspecified atom stereocenters. The molecule has 1 aromatic heterocycles. The molecule has 116 valence electrons. The molecule has 3 nitrogen and oxygen atoms in total. The molecule has 1 aromatic carbocycles. The summed E-state index contributed by atoms with van der Waals surface area (Å²) in [6.07, 6.45) is 2.50. The van der Waals surface area contributed by atoms with Crippen LogP contribution in [-0.2, 0) is 6.54 Å². The number of hydrogen-bond acceptors (Lipinski definition) is 3. The predicted octanol–water partition coefficient (Wildman–Crippen LogP) is 4.31. The molecule has 22 heavy (non-hydrogen) atoms. The highest BCUT2D eigenvalue weighted by atomic mass is 35.5. The minimum absolute atomic E-state index is 0.0503. The van der Waals surface area contributed by atoms with Gasteiger partial charge in [0.05, 0.1) is 6.54 Å². The van der Waals surface area contributed by atoms with Gasteiger partial charge < -0.3 is 4.42 Å². The lowest BCUT2D eigenvalue weighted by molar-refractivity contribution is 0.0935. The number of nitrogens with zero attached hydrogens (tertiary/aromatic N) is 1. The molecule has 1 atom stereocenters. The third-order valence-electron chi connectivity index (χ3n) is 4.07. The van der Waals surface area contributed by atoms with Crippen molar-refractivity contribution in [1.82, 2.24) is 4.90 Å². The number of rotatable bonds is 5. The number of carbonyl (C=O) groups excluding carboxylic acids is 1. The van der Waals surface area contributed by atoms with Gasteiger partial charge in [-0.05, 0) is 67.4 Å². The van der Waals surface area contributed by atoms with Crippen LogP contribution in [0.2, 0.25) is 5.22 Å². The predicted molar refractivity (Wildman–Crippen MR) is 82.5 cm³/mol. The highest BCUT2D eigenvalue weighted by Crippen LogP contribution is 2.25. The fraction of sp³-hybridized carbons (Fsp3) is 0.353. The summed E-state index contributed by atoms with van der Waals surface area (Å²) in [5.74, 6) is 0.536. The Labute approximate surface area is 133 Å². The molecule has 2 heterocycles. The molecule has 0 saturated carbocycles. The van der Waals surface area contributed by atoms with E-state index in [4.69, 9.17) is 16.0 Å². The van der Waals surface area contributed by atoms with Crippen LogP contribution in [0.4, 0.5) is 4.39 Å². The Balaban J connectivity index is 1.63. The molecule has 2 aromatic rings. The van der Waals surface area contributed by atoms with Gasteiger partial charge in [-0.25, -0.2) is 4.39 Å². The molecule has 1 fully saturated rings. The third-order valence-corrected chi connectivity index (χ3v) is 4.28. The normalized spacial score (nSPS) is 18.7. The van der Waals surface area contributed by atoms with Gasteiger partial charge in [0, 0.05) is 18.0 Å². The minimum atomic E-state index is -0.325. The zero-order valence-electron chi connectivity index (χ0n) is 12.1. The molecule has 1 aliphatic heterocycles. The van der Waals surface area contributed by atoms with Crippen molar-refractivity contribution in [2.75, 3.05) is 6.54 Å². The molecular weight excluding hydrogens is 305 g/mol. The lowest BCUT2D eigenvalue weighted by atomic mass is 10.0. The smallest absolute Gasteiger partial charge is 0.193 e. The zero-order chi connectivity index (χ0) is 15.5. The number of likely N-dealkylation sites (tertiary alicyclic amines) is 1. The van der Waals surface area contributed by atoms with Gasteiger partial charge in [-0.2, -0.15) is 0 Å². The maximum absolute atomic E-state index is 12.9. The van der Waals surface area contributed by atoms with Crippen LogP contribution < -0.4 is 0 Å². The molecular formula is C17H17ClFNO2. The van der Waals surface area contributed by atoms with E-state index in [0.29, 0.717) is 23.7 Å². The third kappa shape index (κ3) is 3.57. The molecule has 0 N–H and O–H groups in total. The summed E-state index contributed by atoms with van der Waals surface area (Å²) < 4.78 is 18.3. The Bertz CT molecular complexity index is 653. The highest BCUT2D eigenvalue weighted by molar-refractivity contribution is 6.28. The van der Waals surface area contributed by atoms with Gasteiger partial charge in [-0.3, -0.25) is 9.69 Å². The Morgan fingerprint density at radius 1 is 1.27 bits per heavy atom. The van der Waals surface area contributed by atoms with Gasteiger partial charge in [0.1, 0.15) is 11.6 Å². The van der Waals surface area contributed by atoms with E-state index in [2.05, 4.69) is 4.90 Å². The second-order valence-electron chi connectivity index (χ2n) is 5.61. The molecule has 5 heteroatoms. The van der Waals surface area contributed by atoms with Crippen LogP contribution in [0.5, 0.6) is 0 Å². The Morgan fingerprint density at radius 3 is 2.73 bits per heavy atom. The first-order chi connectivity index (χ1) is 10.6. The quantitative estimate of drug-likeness (QED) is 0.769. The molecule has 0 spiro atoms. The van der Waals surface area contributed by atoms with Gasteiger partial charge >= 0.3 is 0 Å². The van der Waals surface area contributed by atoms with Gasteiger partial charge in [0.2, 0.25) is 0 Å². The van der Waals surface area contributed by atoms with Gasteiger partial charge in [0.25, 0.3) is 0 Å². The lowest BCUT2D eigenvalue weighted by Gasteiger charge is -2.22. The first kappa shape index (κ1) is 15.3. The van der Waals surface area contributed by atoms with E-state index in [0.717, 1.165) is 25.1 Å². The summed E-state index contributed by atoms with van der Waals surface area (Å²) in [5, 5.41) is 0.383. The summed E-state index contributed by atoms with van der Waals surface area (Å²) in [4.78, 5) is 14.6. The van der Waals surface area contributed by atoms with Gasteiger partial charge in [0.15, 0.2) is 11.0 Å². The van der Waals surface area contributed by atoms with E-state index in [1.165, 1.54) is 12.1 Å². The van der Waals surface area contributed by atoms with Crippen molar-refractivity contribution in [3.8, 4) is 0 Å². The van der Waals surface area contributed by atoms with Crippen molar-refractivity contribution >= 4 is 17.4 Å². The maximum Gasteiger partial charge on any atom is 0.193 e. The van der Waals surface area contributed by atoms with Crippen LogP contribution in [0.3, 0.4) is 0 Å². The summed E-state index contributed by atoms with van der Waals surface area (Å²) in [5.41, 5.74) is 0.564. The minimum Gasteiger partial charge on any atom is -0.448 e.